The van der Waals surface area contributed by atoms with Crippen molar-refractivity contribution >= 4 is 28.6 Å². The first kappa shape index (κ1) is 21.5. The minimum Gasteiger partial charge on any atom is -0.339 e. The van der Waals surface area contributed by atoms with Gasteiger partial charge in [-0.1, -0.05) is 5.21 Å². The summed E-state index contributed by atoms with van der Waals surface area (Å²) in [4.78, 5) is 26.1. The molecule has 0 unspecified atom stereocenters. The van der Waals surface area contributed by atoms with Crippen molar-refractivity contribution in [2.75, 3.05) is 18.4 Å². The summed E-state index contributed by atoms with van der Waals surface area (Å²) in [7, 11) is 0. The highest BCUT2D eigenvalue weighted by Gasteiger charge is 2.31. The highest BCUT2D eigenvalue weighted by molar-refractivity contribution is 5.97. The monoisotopic (exact) mass is 476 g/mol. The van der Waals surface area contributed by atoms with Crippen LogP contribution in [0.25, 0.3) is 11.0 Å². The standard InChI is InChI=1S/C24H22F2N8O/c25-16-8-17(26)10-18(9-16)28-24-27-11-15-12-34(13-22(15)29-24)19-3-5-33(6-4-19)23(35)14-1-2-20-21(7-14)31-32-30-20/h1-2,7-11,19H,3-6,12-13H2,(H,27,28,29)(H,30,31,32). The lowest BCUT2D eigenvalue weighted by Gasteiger charge is -2.36. The molecular weight excluding hydrogens is 454 g/mol. The van der Waals surface area contributed by atoms with Crippen molar-refractivity contribution in [3.63, 3.8) is 0 Å². The van der Waals surface area contributed by atoms with Gasteiger partial charge in [0.15, 0.2) is 0 Å². The van der Waals surface area contributed by atoms with Gasteiger partial charge in [0, 0.05) is 61.3 Å². The van der Waals surface area contributed by atoms with Crippen LogP contribution in [0.2, 0.25) is 0 Å². The van der Waals surface area contributed by atoms with Crippen LogP contribution in [0.1, 0.15) is 34.5 Å². The van der Waals surface area contributed by atoms with E-state index in [-0.39, 0.29) is 11.6 Å². The van der Waals surface area contributed by atoms with Crippen LogP contribution in [-0.2, 0) is 13.1 Å². The molecule has 2 N–H and O–H groups in total. The molecule has 1 amide bonds. The van der Waals surface area contributed by atoms with Crippen molar-refractivity contribution in [3.05, 3.63) is 71.1 Å². The molecule has 0 aliphatic carbocycles. The summed E-state index contributed by atoms with van der Waals surface area (Å²) in [6.45, 7) is 2.77. The zero-order valence-corrected chi connectivity index (χ0v) is 18.7. The van der Waals surface area contributed by atoms with Crippen molar-refractivity contribution in [1.29, 1.82) is 0 Å². The summed E-state index contributed by atoms with van der Waals surface area (Å²) in [5.41, 5.74) is 4.31. The quantitative estimate of drug-likeness (QED) is 0.465. The highest BCUT2D eigenvalue weighted by Crippen LogP contribution is 2.29. The Morgan fingerprint density at radius 3 is 2.66 bits per heavy atom. The van der Waals surface area contributed by atoms with Crippen LogP contribution in [0.4, 0.5) is 20.4 Å². The van der Waals surface area contributed by atoms with E-state index in [4.69, 9.17) is 0 Å². The fourth-order valence-corrected chi connectivity index (χ4v) is 4.84. The lowest BCUT2D eigenvalue weighted by Crippen LogP contribution is -2.45. The number of amides is 1. The highest BCUT2D eigenvalue weighted by atomic mass is 19.1. The van der Waals surface area contributed by atoms with Crippen LogP contribution in [0, 0.1) is 11.6 Å². The van der Waals surface area contributed by atoms with E-state index in [2.05, 4.69) is 35.6 Å². The van der Waals surface area contributed by atoms with Crippen molar-refractivity contribution in [1.82, 2.24) is 35.2 Å². The number of carbonyl (C=O) groups is 1. The molecule has 0 atom stereocenters. The molecule has 4 aromatic rings. The number of likely N-dealkylation sites (tertiary alicyclic amines) is 1. The number of benzene rings is 2. The SMILES string of the molecule is O=C(c1ccc2[nH]nnc2c1)N1CCC(N2Cc3cnc(Nc4cc(F)cc(F)c4)nc3C2)CC1. The lowest BCUT2D eigenvalue weighted by molar-refractivity contribution is 0.0613. The van der Waals surface area contributed by atoms with Gasteiger partial charge in [-0.05, 0) is 43.2 Å². The average molecular weight is 476 g/mol. The molecule has 11 heteroatoms. The number of nitrogens with one attached hydrogen (secondary N) is 2. The van der Waals surface area contributed by atoms with Gasteiger partial charge in [0.2, 0.25) is 5.95 Å². The second-order valence-corrected chi connectivity index (χ2v) is 8.92. The molecule has 35 heavy (non-hydrogen) atoms. The molecule has 0 bridgehead atoms. The summed E-state index contributed by atoms with van der Waals surface area (Å²) < 4.78 is 26.9. The van der Waals surface area contributed by atoms with Crippen LogP contribution in [-0.4, -0.2) is 60.2 Å². The molecule has 4 heterocycles. The number of nitrogens with zero attached hydrogens (tertiary/aromatic N) is 6. The number of halogens is 2. The van der Waals surface area contributed by atoms with Gasteiger partial charge >= 0.3 is 0 Å². The molecule has 2 aliphatic heterocycles. The van der Waals surface area contributed by atoms with Gasteiger partial charge < -0.3 is 10.2 Å². The fourth-order valence-electron chi connectivity index (χ4n) is 4.84. The van der Waals surface area contributed by atoms with E-state index in [1.165, 1.54) is 12.1 Å². The largest absolute Gasteiger partial charge is 0.339 e. The molecule has 0 radical (unpaired) electrons. The van der Waals surface area contributed by atoms with Gasteiger partial charge in [0.1, 0.15) is 17.2 Å². The molecule has 6 rings (SSSR count). The van der Waals surface area contributed by atoms with Gasteiger partial charge in [-0.2, -0.15) is 0 Å². The number of aromatic amines is 1. The smallest absolute Gasteiger partial charge is 0.253 e. The van der Waals surface area contributed by atoms with Gasteiger partial charge in [0.05, 0.1) is 11.2 Å². The number of fused-ring (bicyclic) bond motifs is 2. The number of hydrogen-bond donors (Lipinski definition) is 2. The van der Waals surface area contributed by atoms with E-state index in [1.807, 2.05) is 11.0 Å². The minimum absolute atomic E-state index is 0.00780. The second-order valence-electron chi connectivity index (χ2n) is 8.92. The fraction of sp³-hybridized carbons (Fsp3) is 0.292. The van der Waals surface area contributed by atoms with E-state index in [9.17, 15) is 13.6 Å². The molecular formula is C24H22F2N8O. The van der Waals surface area contributed by atoms with Crippen molar-refractivity contribution in [2.45, 2.75) is 32.0 Å². The maximum Gasteiger partial charge on any atom is 0.253 e. The van der Waals surface area contributed by atoms with E-state index in [0.29, 0.717) is 42.7 Å². The van der Waals surface area contributed by atoms with Gasteiger partial charge in [-0.15, -0.1) is 5.10 Å². The number of anilines is 2. The Balaban J connectivity index is 1.08. The maximum atomic E-state index is 13.5. The van der Waals surface area contributed by atoms with E-state index in [1.54, 1.807) is 18.3 Å². The third kappa shape index (κ3) is 4.30. The Morgan fingerprint density at radius 1 is 1.06 bits per heavy atom. The Kier molecular flexibility index (Phi) is 5.33. The summed E-state index contributed by atoms with van der Waals surface area (Å²) in [5.74, 6) is -1.01. The predicted octanol–water partition coefficient (Wildman–Crippen LogP) is 3.39. The Labute approximate surface area is 199 Å². The number of aromatic nitrogens is 5. The predicted molar refractivity (Wildman–Crippen MR) is 124 cm³/mol. The van der Waals surface area contributed by atoms with E-state index >= 15 is 0 Å². The topological polar surface area (TPSA) is 103 Å². The number of hydrogen-bond acceptors (Lipinski definition) is 7. The Morgan fingerprint density at radius 2 is 1.86 bits per heavy atom. The Hall–Kier alpha value is -3.99. The number of carbonyl (C=O) groups excluding carboxylic acids is 1. The second kappa shape index (κ2) is 8.66. The molecule has 2 aromatic heterocycles. The number of rotatable bonds is 4. The molecule has 2 aliphatic rings. The third-order valence-electron chi connectivity index (χ3n) is 6.64. The minimum atomic E-state index is -0.664. The first-order chi connectivity index (χ1) is 17.0. The van der Waals surface area contributed by atoms with Crippen molar-refractivity contribution in [3.8, 4) is 0 Å². The molecule has 2 aromatic carbocycles. The molecule has 0 saturated carbocycles. The van der Waals surface area contributed by atoms with Crippen LogP contribution in [0.3, 0.4) is 0 Å². The van der Waals surface area contributed by atoms with Gasteiger partial charge in [-0.25, -0.2) is 18.7 Å². The summed E-state index contributed by atoms with van der Waals surface area (Å²) in [6.07, 6.45) is 3.50. The summed E-state index contributed by atoms with van der Waals surface area (Å²) >= 11 is 0. The van der Waals surface area contributed by atoms with Crippen LogP contribution >= 0.6 is 0 Å². The van der Waals surface area contributed by atoms with Crippen molar-refractivity contribution < 1.29 is 13.6 Å². The van der Waals surface area contributed by atoms with Crippen molar-refractivity contribution in [2.24, 2.45) is 0 Å². The lowest BCUT2D eigenvalue weighted by atomic mass is 10.0. The first-order valence-corrected chi connectivity index (χ1v) is 11.4. The molecule has 1 saturated heterocycles. The molecule has 0 spiro atoms. The Bertz CT molecular complexity index is 1400. The number of H-pyrrole nitrogens is 1. The summed E-state index contributed by atoms with van der Waals surface area (Å²) in [6, 6.07) is 8.95. The molecule has 9 nitrogen and oxygen atoms in total. The summed E-state index contributed by atoms with van der Waals surface area (Å²) in [5, 5.41) is 13.4. The van der Waals surface area contributed by atoms with Crippen LogP contribution in [0.5, 0.6) is 0 Å². The maximum absolute atomic E-state index is 13.5. The first-order valence-electron chi connectivity index (χ1n) is 11.4. The zero-order valence-electron chi connectivity index (χ0n) is 18.7. The zero-order chi connectivity index (χ0) is 23.9. The normalized spacial score (nSPS) is 16.6. The molecule has 178 valence electrons. The third-order valence-corrected chi connectivity index (χ3v) is 6.64. The molecule has 1 fully saturated rings. The van der Waals surface area contributed by atoms with Gasteiger partial charge in [0.25, 0.3) is 5.91 Å². The van der Waals surface area contributed by atoms with Crippen LogP contribution in [0.15, 0.2) is 42.6 Å². The van der Waals surface area contributed by atoms with Crippen LogP contribution < -0.4 is 5.32 Å². The average Bonchev–Trinajstić information content (AvgIpc) is 3.49. The number of piperidine rings is 1. The van der Waals surface area contributed by atoms with Gasteiger partial charge in [-0.3, -0.25) is 14.8 Å². The van der Waals surface area contributed by atoms with E-state index in [0.717, 1.165) is 42.2 Å². The van der Waals surface area contributed by atoms with E-state index < -0.39 is 11.6 Å².